The molecule has 0 aromatic rings. The molecule has 2 N–H and O–H groups in total. The van der Waals surface area contributed by atoms with Crippen LogP contribution in [-0.2, 0) is 19.4 Å². The van der Waals surface area contributed by atoms with Crippen molar-refractivity contribution < 1.29 is 29.6 Å². The molecule has 3 atom stereocenters. The van der Waals surface area contributed by atoms with Gasteiger partial charge in [-0.1, -0.05) is 90.9 Å². The van der Waals surface area contributed by atoms with Gasteiger partial charge in [-0.05, 0) is 19.8 Å². The molecule has 0 aromatic carbocycles. The van der Waals surface area contributed by atoms with Gasteiger partial charge in [-0.2, -0.15) is 0 Å². The molecule has 0 saturated heterocycles. The molecule has 3 unspecified atom stereocenters. The SMILES string of the molecule is CCCCCCCCCCC(C(=O)OOC(=O)CCCCCCC)C(O)C(C)O. The molecule has 0 aromatic heterocycles. The van der Waals surface area contributed by atoms with Crippen molar-refractivity contribution in [1.82, 2.24) is 0 Å². The van der Waals surface area contributed by atoms with Gasteiger partial charge >= 0.3 is 11.9 Å². The highest BCUT2D eigenvalue weighted by molar-refractivity contribution is 5.75. The highest BCUT2D eigenvalue weighted by atomic mass is 17.2. The predicted octanol–water partition coefficient (Wildman–Crippen LogP) is 5.24. The number of aliphatic hydroxyl groups excluding tert-OH is 2. The normalized spacial score (nSPS) is 14.2. The third kappa shape index (κ3) is 15.4. The van der Waals surface area contributed by atoms with Crippen molar-refractivity contribution in [2.75, 3.05) is 0 Å². The average Bonchev–Trinajstić information content (AvgIpc) is 2.70. The molecule has 0 bridgehead atoms. The van der Waals surface area contributed by atoms with E-state index in [-0.39, 0.29) is 6.42 Å². The Balaban J connectivity index is 4.19. The number of rotatable bonds is 18. The van der Waals surface area contributed by atoms with Crippen LogP contribution < -0.4 is 0 Å². The summed E-state index contributed by atoms with van der Waals surface area (Å²) >= 11 is 0. The Morgan fingerprint density at radius 3 is 1.72 bits per heavy atom. The summed E-state index contributed by atoms with van der Waals surface area (Å²) in [6.45, 7) is 5.75. The Hall–Kier alpha value is -1.14. The van der Waals surface area contributed by atoms with E-state index >= 15 is 0 Å². The topological polar surface area (TPSA) is 93.1 Å². The summed E-state index contributed by atoms with van der Waals surface area (Å²) in [4.78, 5) is 33.3. The predicted molar refractivity (Wildman–Crippen MR) is 114 cm³/mol. The lowest BCUT2D eigenvalue weighted by Gasteiger charge is -2.22. The molecule has 0 aliphatic rings. The van der Waals surface area contributed by atoms with Crippen LogP contribution in [0, 0.1) is 5.92 Å². The van der Waals surface area contributed by atoms with Crippen molar-refractivity contribution in [2.24, 2.45) is 5.92 Å². The first-order valence-electron chi connectivity index (χ1n) is 11.7. The molecular formula is C23H44O6. The van der Waals surface area contributed by atoms with Gasteiger partial charge in [-0.15, -0.1) is 0 Å². The molecular weight excluding hydrogens is 372 g/mol. The lowest BCUT2D eigenvalue weighted by molar-refractivity contribution is -0.265. The molecule has 0 heterocycles. The van der Waals surface area contributed by atoms with Crippen LogP contribution in [0.5, 0.6) is 0 Å². The Morgan fingerprint density at radius 1 is 0.724 bits per heavy atom. The molecule has 0 aliphatic heterocycles. The molecule has 0 saturated carbocycles. The van der Waals surface area contributed by atoms with E-state index in [4.69, 9.17) is 0 Å². The van der Waals surface area contributed by atoms with Crippen LogP contribution >= 0.6 is 0 Å². The lowest BCUT2D eigenvalue weighted by Crippen LogP contribution is -2.37. The zero-order valence-electron chi connectivity index (χ0n) is 18.9. The smallest absolute Gasteiger partial charge is 0.361 e. The van der Waals surface area contributed by atoms with Gasteiger partial charge in [-0.25, -0.2) is 19.4 Å². The first kappa shape index (κ1) is 27.9. The minimum atomic E-state index is -1.24. The Morgan fingerprint density at radius 2 is 1.21 bits per heavy atom. The van der Waals surface area contributed by atoms with Gasteiger partial charge in [0.1, 0.15) is 0 Å². The van der Waals surface area contributed by atoms with Gasteiger partial charge in [-0.3, -0.25) is 0 Å². The minimum absolute atomic E-state index is 0.207. The number of aliphatic hydroxyl groups is 2. The van der Waals surface area contributed by atoms with E-state index in [1.165, 1.54) is 39.0 Å². The van der Waals surface area contributed by atoms with E-state index in [0.29, 0.717) is 12.8 Å². The Labute approximate surface area is 177 Å². The van der Waals surface area contributed by atoms with Crippen LogP contribution in [0.15, 0.2) is 0 Å². The first-order chi connectivity index (χ1) is 13.9. The summed E-state index contributed by atoms with van der Waals surface area (Å²) in [6, 6.07) is 0. The number of hydrogen-bond acceptors (Lipinski definition) is 6. The maximum atomic E-state index is 12.3. The maximum absolute atomic E-state index is 12.3. The third-order valence-corrected chi connectivity index (χ3v) is 5.28. The molecule has 172 valence electrons. The number of carbonyl (C=O) groups excluding carboxylic acids is 2. The van der Waals surface area contributed by atoms with E-state index in [9.17, 15) is 19.8 Å². The number of carbonyl (C=O) groups is 2. The molecule has 0 rings (SSSR count). The van der Waals surface area contributed by atoms with Gasteiger partial charge < -0.3 is 10.2 Å². The van der Waals surface area contributed by atoms with Gasteiger partial charge in [0, 0.05) is 0 Å². The van der Waals surface area contributed by atoms with Crippen molar-refractivity contribution in [3.05, 3.63) is 0 Å². The second-order valence-electron chi connectivity index (χ2n) is 8.12. The Kier molecular flexibility index (Phi) is 18.1. The average molecular weight is 417 g/mol. The summed E-state index contributed by atoms with van der Waals surface area (Å²) in [5.74, 6) is -2.26. The first-order valence-corrected chi connectivity index (χ1v) is 11.7. The van der Waals surface area contributed by atoms with E-state index in [1.807, 2.05) is 0 Å². The number of hydrogen-bond donors (Lipinski definition) is 2. The highest BCUT2D eigenvalue weighted by Gasteiger charge is 2.32. The van der Waals surface area contributed by atoms with Gasteiger partial charge in [0.25, 0.3) is 0 Å². The summed E-state index contributed by atoms with van der Waals surface area (Å²) < 4.78 is 0. The number of unbranched alkanes of at least 4 members (excludes halogenated alkanes) is 11. The third-order valence-electron chi connectivity index (χ3n) is 5.28. The van der Waals surface area contributed by atoms with Crippen LogP contribution in [0.2, 0.25) is 0 Å². The second kappa shape index (κ2) is 18.9. The molecule has 0 fully saturated rings. The van der Waals surface area contributed by atoms with Crippen molar-refractivity contribution >= 4 is 11.9 Å². The van der Waals surface area contributed by atoms with Crippen LogP contribution in [-0.4, -0.2) is 34.4 Å². The van der Waals surface area contributed by atoms with Crippen molar-refractivity contribution in [1.29, 1.82) is 0 Å². The summed E-state index contributed by atoms with van der Waals surface area (Å²) in [6.07, 6.45) is 12.3. The van der Waals surface area contributed by atoms with Gasteiger partial charge in [0.15, 0.2) is 0 Å². The zero-order chi connectivity index (χ0) is 21.9. The van der Waals surface area contributed by atoms with E-state index in [0.717, 1.165) is 44.9 Å². The van der Waals surface area contributed by atoms with E-state index in [2.05, 4.69) is 23.6 Å². The quantitative estimate of drug-likeness (QED) is 0.180. The van der Waals surface area contributed by atoms with Crippen LogP contribution in [0.25, 0.3) is 0 Å². The molecule has 0 spiro atoms. The monoisotopic (exact) mass is 416 g/mol. The maximum Gasteiger partial charge on any atom is 0.361 e. The summed E-state index contributed by atoms with van der Waals surface area (Å²) in [5, 5.41) is 19.8. The fourth-order valence-electron chi connectivity index (χ4n) is 3.33. The fraction of sp³-hybridized carbons (Fsp3) is 0.913. The van der Waals surface area contributed by atoms with Crippen molar-refractivity contribution in [2.45, 2.75) is 129 Å². The summed E-state index contributed by atoms with van der Waals surface area (Å²) in [5.41, 5.74) is 0. The van der Waals surface area contributed by atoms with Crippen molar-refractivity contribution in [3.63, 3.8) is 0 Å². The fourth-order valence-corrected chi connectivity index (χ4v) is 3.33. The molecule has 0 amide bonds. The van der Waals surface area contributed by atoms with E-state index < -0.39 is 30.1 Å². The van der Waals surface area contributed by atoms with Gasteiger partial charge in [0.2, 0.25) is 0 Å². The van der Waals surface area contributed by atoms with Crippen LogP contribution in [0.3, 0.4) is 0 Å². The second-order valence-corrected chi connectivity index (χ2v) is 8.12. The molecule has 6 nitrogen and oxygen atoms in total. The molecule has 0 aliphatic carbocycles. The molecule has 6 heteroatoms. The lowest BCUT2D eigenvalue weighted by atomic mass is 9.92. The molecule has 29 heavy (non-hydrogen) atoms. The minimum Gasteiger partial charge on any atom is -0.391 e. The van der Waals surface area contributed by atoms with Gasteiger partial charge in [0.05, 0.1) is 24.5 Å². The van der Waals surface area contributed by atoms with E-state index in [1.54, 1.807) is 0 Å². The van der Waals surface area contributed by atoms with Crippen LogP contribution in [0.4, 0.5) is 0 Å². The van der Waals surface area contributed by atoms with Crippen molar-refractivity contribution in [3.8, 4) is 0 Å². The van der Waals surface area contributed by atoms with Crippen LogP contribution in [0.1, 0.15) is 117 Å². The summed E-state index contributed by atoms with van der Waals surface area (Å²) in [7, 11) is 0. The zero-order valence-corrected chi connectivity index (χ0v) is 18.9. The standard InChI is InChI=1S/C23H44O6/c1-4-6-8-10-11-12-14-15-17-20(22(26)19(3)24)23(27)29-28-21(25)18-16-13-9-7-5-2/h19-20,22,24,26H,4-18H2,1-3H3. The highest BCUT2D eigenvalue weighted by Crippen LogP contribution is 2.20. The Bertz CT molecular complexity index is 410. The largest absolute Gasteiger partial charge is 0.391 e. The molecule has 0 radical (unpaired) electrons.